The Kier molecular flexibility index (Phi) is 4.80. The third kappa shape index (κ3) is 3.12. The first kappa shape index (κ1) is 13.8. The zero-order chi connectivity index (χ0) is 13.0. The third-order valence-electron chi connectivity index (χ3n) is 2.38. The predicted molar refractivity (Wildman–Crippen MR) is 67.0 cm³/mol. The second-order valence-corrected chi connectivity index (χ2v) is 3.90. The Morgan fingerprint density at radius 2 is 2.18 bits per heavy atom. The number of carbonyl (C=O) groups is 1. The summed E-state index contributed by atoms with van der Waals surface area (Å²) in [4.78, 5) is 11.3. The summed E-state index contributed by atoms with van der Waals surface area (Å²) in [5.74, 6) is -0.443. The van der Waals surface area contributed by atoms with Crippen molar-refractivity contribution in [2.45, 2.75) is 12.2 Å². The van der Waals surface area contributed by atoms with Crippen LogP contribution in [0.15, 0.2) is 18.2 Å². The molecule has 0 saturated carbocycles. The number of thiol groups is 1. The molecule has 0 aliphatic rings. The molecule has 1 aromatic carbocycles. The standard InChI is InChI=1S/C11H15NO4S/c1-16-11(15)6-2-3-8(12)7(4-6)10(14)9(13)5-17/h2-4,9-10,13-14,17H,5,12H2,1H3. The first-order valence-electron chi connectivity index (χ1n) is 4.96. The summed E-state index contributed by atoms with van der Waals surface area (Å²) < 4.78 is 4.56. The molecule has 94 valence electrons. The fraction of sp³-hybridized carbons (Fsp3) is 0.364. The summed E-state index contributed by atoms with van der Waals surface area (Å²) in [7, 11) is 1.26. The number of carbonyl (C=O) groups excluding carboxylic acids is 1. The van der Waals surface area contributed by atoms with Crippen molar-refractivity contribution in [2.75, 3.05) is 18.6 Å². The van der Waals surface area contributed by atoms with Gasteiger partial charge in [-0.15, -0.1) is 0 Å². The molecule has 0 fully saturated rings. The molecule has 17 heavy (non-hydrogen) atoms. The van der Waals surface area contributed by atoms with Gasteiger partial charge in [0, 0.05) is 17.0 Å². The highest BCUT2D eigenvalue weighted by molar-refractivity contribution is 7.80. The molecular weight excluding hydrogens is 242 g/mol. The van der Waals surface area contributed by atoms with E-state index in [2.05, 4.69) is 17.4 Å². The minimum absolute atomic E-state index is 0.0864. The fourth-order valence-electron chi connectivity index (χ4n) is 1.38. The van der Waals surface area contributed by atoms with E-state index in [1.54, 1.807) is 0 Å². The first-order valence-corrected chi connectivity index (χ1v) is 5.59. The monoisotopic (exact) mass is 257 g/mol. The average molecular weight is 257 g/mol. The lowest BCUT2D eigenvalue weighted by Crippen LogP contribution is -2.21. The summed E-state index contributed by atoms with van der Waals surface area (Å²) in [6.45, 7) is 0. The summed E-state index contributed by atoms with van der Waals surface area (Å²) >= 11 is 3.88. The number of hydrogen-bond donors (Lipinski definition) is 4. The Bertz CT molecular complexity index is 410. The van der Waals surface area contributed by atoms with E-state index in [0.29, 0.717) is 5.69 Å². The van der Waals surface area contributed by atoms with Gasteiger partial charge in [0.05, 0.1) is 18.8 Å². The van der Waals surface area contributed by atoms with Crippen LogP contribution in [0.2, 0.25) is 0 Å². The van der Waals surface area contributed by atoms with E-state index in [-0.39, 0.29) is 16.9 Å². The lowest BCUT2D eigenvalue weighted by molar-refractivity contribution is 0.0340. The molecule has 0 amide bonds. The van der Waals surface area contributed by atoms with E-state index >= 15 is 0 Å². The highest BCUT2D eigenvalue weighted by Gasteiger charge is 2.20. The Morgan fingerprint density at radius 3 is 2.71 bits per heavy atom. The number of esters is 1. The number of methoxy groups -OCH3 is 1. The van der Waals surface area contributed by atoms with Crippen LogP contribution in [0.25, 0.3) is 0 Å². The molecule has 0 radical (unpaired) electrons. The van der Waals surface area contributed by atoms with Gasteiger partial charge in [0.25, 0.3) is 0 Å². The molecule has 0 bridgehead atoms. The van der Waals surface area contributed by atoms with Crippen molar-refractivity contribution < 1.29 is 19.7 Å². The van der Waals surface area contributed by atoms with Crippen LogP contribution < -0.4 is 5.73 Å². The zero-order valence-corrected chi connectivity index (χ0v) is 10.2. The van der Waals surface area contributed by atoms with Gasteiger partial charge in [-0.05, 0) is 18.2 Å². The van der Waals surface area contributed by atoms with Crippen LogP contribution in [0.5, 0.6) is 0 Å². The molecule has 0 heterocycles. The van der Waals surface area contributed by atoms with E-state index in [9.17, 15) is 15.0 Å². The van der Waals surface area contributed by atoms with Gasteiger partial charge in [0.2, 0.25) is 0 Å². The molecule has 0 aromatic heterocycles. The number of nitrogen functional groups attached to an aromatic ring is 1. The van der Waals surface area contributed by atoms with Crippen molar-refractivity contribution in [1.29, 1.82) is 0 Å². The number of aliphatic hydroxyl groups excluding tert-OH is 2. The van der Waals surface area contributed by atoms with Gasteiger partial charge in [-0.1, -0.05) is 0 Å². The van der Waals surface area contributed by atoms with Crippen molar-refractivity contribution in [2.24, 2.45) is 0 Å². The van der Waals surface area contributed by atoms with Gasteiger partial charge in [0.1, 0.15) is 6.10 Å². The van der Waals surface area contributed by atoms with Crippen molar-refractivity contribution in [3.05, 3.63) is 29.3 Å². The number of ether oxygens (including phenoxy) is 1. The summed E-state index contributed by atoms with van der Waals surface area (Å²) in [5, 5.41) is 19.3. The summed E-state index contributed by atoms with van der Waals surface area (Å²) in [5.41, 5.74) is 6.53. The molecule has 1 aromatic rings. The Balaban J connectivity index is 3.10. The highest BCUT2D eigenvalue weighted by Crippen LogP contribution is 2.25. The van der Waals surface area contributed by atoms with E-state index in [1.807, 2.05) is 0 Å². The number of anilines is 1. The topological polar surface area (TPSA) is 92.8 Å². The van der Waals surface area contributed by atoms with Gasteiger partial charge in [-0.2, -0.15) is 12.6 Å². The van der Waals surface area contributed by atoms with Crippen LogP contribution >= 0.6 is 12.6 Å². The minimum Gasteiger partial charge on any atom is -0.465 e. The number of rotatable bonds is 4. The molecule has 0 saturated heterocycles. The lowest BCUT2D eigenvalue weighted by atomic mass is 10.0. The molecule has 6 heteroatoms. The van der Waals surface area contributed by atoms with Gasteiger partial charge in [-0.3, -0.25) is 0 Å². The van der Waals surface area contributed by atoms with E-state index < -0.39 is 18.2 Å². The van der Waals surface area contributed by atoms with Gasteiger partial charge in [-0.25, -0.2) is 4.79 Å². The smallest absolute Gasteiger partial charge is 0.337 e. The van der Waals surface area contributed by atoms with E-state index in [0.717, 1.165) is 0 Å². The van der Waals surface area contributed by atoms with Gasteiger partial charge >= 0.3 is 5.97 Å². The number of nitrogens with two attached hydrogens (primary N) is 1. The number of aliphatic hydroxyl groups is 2. The van der Waals surface area contributed by atoms with Crippen molar-refractivity contribution in [3.63, 3.8) is 0 Å². The summed E-state index contributed by atoms with van der Waals surface area (Å²) in [6.07, 6.45) is -2.23. The van der Waals surface area contributed by atoms with Crippen molar-refractivity contribution >= 4 is 24.3 Å². The lowest BCUT2D eigenvalue weighted by Gasteiger charge is -2.18. The maximum Gasteiger partial charge on any atom is 0.337 e. The molecule has 2 unspecified atom stereocenters. The van der Waals surface area contributed by atoms with Gasteiger partial charge in [0.15, 0.2) is 0 Å². The van der Waals surface area contributed by atoms with Gasteiger partial charge < -0.3 is 20.7 Å². The van der Waals surface area contributed by atoms with Crippen LogP contribution in [-0.4, -0.2) is 35.1 Å². The van der Waals surface area contributed by atoms with Crippen molar-refractivity contribution in [1.82, 2.24) is 0 Å². The SMILES string of the molecule is COC(=O)c1ccc(N)c(C(O)C(O)CS)c1. The predicted octanol–water partition coefficient (Wildman–Crippen LogP) is 0.379. The second-order valence-electron chi connectivity index (χ2n) is 3.53. The molecule has 1 rings (SSSR count). The molecule has 0 aliphatic heterocycles. The molecule has 2 atom stereocenters. The molecule has 4 N–H and O–H groups in total. The van der Waals surface area contributed by atoms with Crippen LogP contribution in [0.4, 0.5) is 5.69 Å². The first-order chi connectivity index (χ1) is 8.01. The van der Waals surface area contributed by atoms with E-state index in [1.165, 1.54) is 25.3 Å². The van der Waals surface area contributed by atoms with Crippen LogP contribution in [0, 0.1) is 0 Å². The number of hydrogen-bond acceptors (Lipinski definition) is 6. The fourth-order valence-corrected chi connectivity index (χ4v) is 1.58. The third-order valence-corrected chi connectivity index (χ3v) is 2.75. The summed E-state index contributed by atoms with van der Waals surface area (Å²) in [6, 6.07) is 4.37. The Hall–Kier alpha value is -1.24. The second kappa shape index (κ2) is 5.90. The quantitative estimate of drug-likeness (QED) is 0.355. The average Bonchev–Trinajstić information content (AvgIpc) is 2.36. The number of benzene rings is 1. The van der Waals surface area contributed by atoms with E-state index in [4.69, 9.17) is 5.73 Å². The Labute approximate surface area is 105 Å². The van der Waals surface area contributed by atoms with Crippen molar-refractivity contribution in [3.8, 4) is 0 Å². The molecular formula is C11H15NO4S. The Morgan fingerprint density at radius 1 is 1.53 bits per heavy atom. The minimum atomic E-state index is -1.18. The highest BCUT2D eigenvalue weighted by atomic mass is 32.1. The van der Waals surface area contributed by atoms with Crippen LogP contribution in [0.3, 0.4) is 0 Å². The zero-order valence-electron chi connectivity index (χ0n) is 9.33. The normalized spacial score (nSPS) is 14.1. The van der Waals surface area contributed by atoms with Crippen LogP contribution in [-0.2, 0) is 4.74 Å². The largest absolute Gasteiger partial charge is 0.465 e. The maximum absolute atomic E-state index is 11.3. The molecule has 0 aliphatic carbocycles. The molecule has 0 spiro atoms. The van der Waals surface area contributed by atoms with Crippen LogP contribution in [0.1, 0.15) is 22.0 Å². The maximum atomic E-state index is 11.3. The molecule has 5 nitrogen and oxygen atoms in total.